The van der Waals surface area contributed by atoms with Gasteiger partial charge in [-0.25, -0.2) is 0 Å². The second-order valence-electron chi connectivity index (χ2n) is 4.03. The third-order valence-corrected chi connectivity index (χ3v) is 2.57. The molecule has 1 aromatic heterocycles. The van der Waals surface area contributed by atoms with Gasteiger partial charge in [0.25, 0.3) is 5.91 Å². The first-order chi connectivity index (χ1) is 9.08. The van der Waals surface area contributed by atoms with Crippen molar-refractivity contribution in [1.29, 1.82) is 0 Å². The quantitative estimate of drug-likeness (QED) is 0.304. The number of methoxy groups -OCH3 is 1. The molecule has 8 nitrogen and oxygen atoms in total. The van der Waals surface area contributed by atoms with Crippen LogP contribution in [0, 0.1) is 0 Å². The number of aromatic nitrogens is 2. The minimum atomic E-state index is -0.157. The van der Waals surface area contributed by atoms with Gasteiger partial charge in [-0.05, 0) is 0 Å². The molecule has 0 aliphatic rings. The Balaban J connectivity index is 2.69. The van der Waals surface area contributed by atoms with Gasteiger partial charge in [-0.15, -0.1) is 0 Å². The highest BCUT2D eigenvalue weighted by Gasteiger charge is 2.17. The number of carbonyl (C=O) groups is 1. The van der Waals surface area contributed by atoms with Gasteiger partial charge in [0, 0.05) is 39.9 Å². The molecule has 3 N–H and O–H groups in total. The molecule has 0 aliphatic heterocycles. The van der Waals surface area contributed by atoms with Gasteiger partial charge in [0.2, 0.25) is 0 Å². The van der Waals surface area contributed by atoms with Crippen LogP contribution in [0.4, 0.5) is 0 Å². The maximum atomic E-state index is 12.2. The van der Waals surface area contributed by atoms with E-state index in [0.717, 1.165) is 0 Å². The molecule has 0 aromatic carbocycles. The van der Waals surface area contributed by atoms with Crippen LogP contribution in [-0.4, -0.2) is 58.4 Å². The van der Waals surface area contributed by atoms with Gasteiger partial charge >= 0.3 is 0 Å². The van der Waals surface area contributed by atoms with E-state index in [4.69, 9.17) is 15.7 Å². The molecular formula is C11H19N5O3. The Bertz CT molecular complexity index is 443. The fourth-order valence-corrected chi connectivity index (χ4v) is 1.53. The third-order valence-electron chi connectivity index (χ3n) is 2.57. The normalized spacial score (nSPS) is 11.6. The minimum absolute atomic E-state index is 0.0846. The van der Waals surface area contributed by atoms with Crippen molar-refractivity contribution in [2.24, 2.45) is 17.9 Å². The summed E-state index contributed by atoms with van der Waals surface area (Å²) < 4.78 is 6.53. The highest BCUT2D eigenvalue weighted by molar-refractivity contribution is 5.94. The average molecular weight is 269 g/mol. The summed E-state index contributed by atoms with van der Waals surface area (Å²) in [6.07, 6.45) is 3.45. The Morgan fingerprint density at radius 2 is 2.37 bits per heavy atom. The van der Waals surface area contributed by atoms with Crippen molar-refractivity contribution in [3.8, 4) is 0 Å². The number of rotatable bonds is 7. The van der Waals surface area contributed by atoms with Crippen LogP contribution >= 0.6 is 0 Å². The van der Waals surface area contributed by atoms with Crippen molar-refractivity contribution in [1.82, 2.24) is 14.7 Å². The lowest BCUT2D eigenvalue weighted by molar-refractivity contribution is 0.0700. The highest BCUT2D eigenvalue weighted by Crippen LogP contribution is 2.04. The Kier molecular flexibility index (Phi) is 5.80. The van der Waals surface area contributed by atoms with Crippen LogP contribution in [0.2, 0.25) is 0 Å². The van der Waals surface area contributed by atoms with E-state index in [0.29, 0.717) is 31.7 Å². The van der Waals surface area contributed by atoms with Crippen LogP contribution in [0.3, 0.4) is 0 Å². The van der Waals surface area contributed by atoms with Gasteiger partial charge in [-0.3, -0.25) is 9.48 Å². The van der Waals surface area contributed by atoms with E-state index in [9.17, 15) is 4.79 Å². The number of hydrogen-bond acceptors (Lipinski definition) is 5. The number of oxime groups is 1. The molecule has 106 valence electrons. The molecule has 1 heterocycles. The van der Waals surface area contributed by atoms with Crippen LogP contribution in [0.25, 0.3) is 0 Å². The summed E-state index contributed by atoms with van der Waals surface area (Å²) in [5.74, 6) is -0.0720. The molecule has 1 amide bonds. The molecule has 0 bridgehead atoms. The third kappa shape index (κ3) is 4.59. The summed E-state index contributed by atoms with van der Waals surface area (Å²) in [5.41, 5.74) is 5.91. The van der Waals surface area contributed by atoms with E-state index < -0.39 is 0 Å². The second-order valence-corrected chi connectivity index (χ2v) is 4.03. The number of ether oxygens (including phenoxy) is 1. The minimum Gasteiger partial charge on any atom is -0.409 e. The Morgan fingerprint density at radius 3 is 2.89 bits per heavy atom. The molecule has 0 unspecified atom stereocenters. The standard InChI is InChI=1S/C11H19N5O3/c1-15-8-9(7-13-15)11(17)16(5-6-19-2)4-3-10(12)14-18/h7-8,18H,3-6H2,1-2H3,(H2,12,14). The van der Waals surface area contributed by atoms with Crippen LogP contribution in [-0.2, 0) is 11.8 Å². The maximum Gasteiger partial charge on any atom is 0.257 e. The van der Waals surface area contributed by atoms with E-state index in [1.54, 1.807) is 29.9 Å². The number of amidine groups is 1. The van der Waals surface area contributed by atoms with Gasteiger partial charge in [-0.1, -0.05) is 5.16 Å². The Labute approximate surface area is 111 Å². The zero-order valence-electron chi connectivity index (χ0n) is 11.1. The van der Waals surface area contributed by atoms with Crippen LogP contribution in [0.15, 0.2) is 17.5 Å². The van der Waals surface area contributed by atoms with Crippen LogP contribution in [0.5, 0.6) is 0 Å². The van der Waals surface area contributed by atoms with Crippen molar-refractivity contribution >= 4 is 11.7 Å². The lowest BCUT2D eigenvalue weighted by atomic mass is 10.2. The fraction of sp³-hybridized carbons (Fsp3) is 0.545. The van der Waals surface area contributed by atoms with E-state index in [-0.39, 0.29) is 11.7 Å². The van der Waals surface area contributed by atoms with E-state index in [1.807, 2.05) is 0 Å². The first-order valence-electron chi connectivity index (χ1n) is 5.81. The second kappa shape index (κ2) is 7.37. The van der Waals surface area contributed by atoms with E-state index >= 15 is 0 Å². The van der Waals surface area contributed by atoms with E-state index in [1.165, 1.54) is 6.20 Å². The fourth-order valence-electron chi connectivity index (χ4n) is 1.53. The molecule has 0 fully saturated rings. The smallest absolute Gasteiger partial charge is 0.257 e. The molecular weight excluding hydrogens is 250 g/mol. The topological polar surface area (TPSA) is 106 Å². The SMILES string of the molecule is COCCN(CCC(N)=NO)C(=O)c1cnn(C)c1. The largest absolute Gasteiger partial charge is 0.409 e. The predicted molar refractivity (Wildman–Crippen MR) is 69.0 cm³/mol. The monoisotopic (exact) mass is 269 g/mol. The van der Waals surface area contributed by atoms with Crippen LogP contribution in [0.1, 0.15) is 16.8 Å². The predicted octanol–water partition coefficient (Wildman–Crippen LogP) is -0.355. The number of hydrogen-bond donors (Lipinski definition) is 2. The van der Waals surface area contributed by atoms with Gasteiger partial charge < -0.3 is 20.6 Å². The number of amides is 1. The molecule has 0 atom stereocenters. The number of nitrogens with zero attached hydrogens (tertiary/aromatic N) is 4. The molecule has 1 aromatic rings. The van der Waals surface area contributed by atoms with Crippen molar-refractivity contribution in [2.45, 2.75) is 6.42 Å². The average Bonchev–Trinajstić information content (AvgIpc) is 2.84. The lowest BCUT2D eigenvalue weighted by Gasteiger charge is -2.21. The molecule has 0 saturated heterocycles. The molecule has 19 heavy (non-hydrogen) atoms. The Morgan fingerprint density at radius 1 is 1.63 bits per heavy atom. The molecule has 0 radical (unpaired) electrons. The van der Waals surface area contributed by atoms with Crippen molar-refractivity contribution in [3.63, 3.8) is 0 Å². The maximum absolute atomic E-state index is 12.2. The molecule has 0 aliphatic carbocycles. The van der Waals surface area contributed by atoms with Crippen molar-refractivity contribution in [2.75, 3.05) is 26.8 Å². The van der Waals surface area contributed by atoms with Gasteiger partial charge in [0.15, 0.2) is 0 Å². The number of nitrogens with two attached hydrogens (primary N) is 1. The number of aryl methyl sites for hydroxylation is 1. The van der Waals surface area contributed by atoms with Gasteiger partial charge in [0.05, 0.1) is 18.4 Å². The summed E-state index contributed by atoms with van der Waals surface area (Å²) in [7, 11) is 3.31. The van der Waals surface area contributed by atoms with Crippen molar-refractivity contribution < 1.29 is 14.7 Å². The number of carbonyl (C=O) groups excluding carboxylic acids is 1. The van der Waals surface area contributed by atoms with Crippen LogP contribution < -0.4 is 5.73 Å². The lowest BCUT2D eigenvalue weighted by Crippen LogP contribution is -2.36. The molecule has 1 rings (SSSR count). The van der Waals surface area contributed by atoms with Crippen molar-refractivity contribution in [3.05, 3.63) is 18.0 Å². The first kappa shape index (κ1) is 15.0. The zero-order chi connectivity index (χ0) is 14.3. The Hall–Kier alpha value is -2.09. The zero-order valence-corrected chi connectivity index (χ0v) is 11.1. The summed E-state index contributed by atoms with van der Waals surface area (Å²) in [5, 5.41) is 15.4. The van der Waals surface area contributed by atoms with Gasteiger partial charge in [0.1, 0.15) is 5.84 Å². The first-order valence-corrected chi connectivity index (χ1v) is 5.81. The van der Waals surface area contributed by atoms with Gasteiger partial charge in [-0.2, -0.15) is 5.10 Å². The molecule has 0 spiro atoms. The summed E-state index contributed by atoms with van der Waals surface area (Å²) >= 11 is 0. The summed E-state index contributed by atoms with van der Waals surface area (Å²) in [6.45, 7) is 1.21. The van der Waals surface area contributed by atoms with E-state index in [2.05, 4.69) is 10.3 Å². The summed E-state index contributed by atoms with van der Waals surface area (Å²) in [6, 6.07) is 0. The molecule has 0 saturated carbocycles. The highest BCUT2D eigenvalue weighted by atomic mass is 16.5. The molecule has 8 heteroatoms. The summed E-state index contributed by atoms with van der Waals surface area (Å²) in [4.78, 5) is 13.8.